The smallest absolute Gasteiger partial charge is 0.248 e. The van der Waals surface area contributed by atoms with Crippen LogP contribution in [0, 0.1) is 6.92 Å². The van der Waals surface area contributed by atoms with Gasteiger partial charge in [-0.1, -0.05) is 25.1 Å². The summed E-state index contributed by atoms with van der Waals surface area (Å²) in [7, 11) is 0. The fourth-order valence-electron chi connectivity index (χ4n) is 1.71. The maximum Gasteiger partial charge on any atom is 0.248 e. The average molecular weight is 274 g/mol. The van der Waals surface area contributed by atoms with Gasteiger partial charge in [-0.25, -0.2) is 0 Å². The molecule has 0 spiro atoms. The summed E-state index contributed by atoms with van der Waals surface area (Å²) in [6.45, 7) is 6.36. The number of rotatable bonds is 5. The zero-order valence-corrected chi connectivity index (χ0v) is 11.8. The number of amides is 1. The lowest BCUT2D eigenvalue weighted by molar-refractivity contribution is 0.100. The first-order chi connectivity index (χ1) is 9.47. The van der Waals surface area contributed by atoms with Gasteiger partial charge in [0.25, 0.3) is 0 Å². The van der Waals surface area contributed by atoms with Crippen molar-refractivity contribution >= 4 is 11.6 Å². The van der Waals surface area contributed by atoms with Gasteiger partial charge in [0.2, 0.25) is 11.8 Å². The molecule has 20 heavy (non-hydrogen) atoms. The predicted octanol–water partition coefficient (Wildman–Crippen LogP) is 2.21. The van der Waals surface area contributed by atoms with Gasteiger partial charge in [-0.2, -0.15) is 4.98 Å². The zero-order valence-electron chi connectivity index (χ0n) is 11.8. The number of carbonyl (C=O) groups is 1. The van der Waals surface area contributed by atoms with Crippen molar-refractivity contribution in [1.29, 1.82) is 0 Å². The Bertz CT molecular complexity index is 619. The lowest BCUT2D eigenvalue weighted by Gasteiger charge is -2.08. The first kappa shape index (κ1) is 14.0. The van der Waals surface area contributed by atoms with Crippen LogP contribution < -0.4 is 11.1 Å². The van der Waals surface area contributed by atoms with Crippen LogP contribution in [0.2, 0.25) is 0 Å². The van der Waals surface area contributed by atoms with Gasteiger partial charge in [0, 0.05) is 17.2 Å². The van der Waals surface area contributed by atoms with Crippen molar-refractivity contribution in [3.63, 3.8) is 0 Å². The molecule has 0 aliphatic rings. The molecule has 6 nitrogen and oxygen atoms in total. The maximum absolute atomic E-state index is 11.2. The molecule has 106 valence electrons. The molecule has 0 unspecified atom stereocenters. The number of benzene rings is 1. The molecule has 3 N–H and O–H groups in total. The second-order valence-electron chi connectivity index (χ2n) is 4.95. The van der Waals surface area contributed by atoms with Crippen molar-refractivity contribution in [1.82, 2.24) is 10.1 Å². The fourth-order valence-corrected chi connectivity index (χ4v) is 1.71. The van der Waals surface area contributed by atoms with E-state index in [0.717, 1.165) is 11.3 Å². The number of nitrogens with zero attached hydrogens (tertiary/aromatic N) is 2. The van der Waals surface area contributed by atoms with Crippen molar-refractivity contribution in [2.75, 3.05) is 5.32 Å². The van der Waals surface area contributed by atoms with Crippen LogP contribution in [-0.4, -0.2) is 16.0 Å². The highest BCUT2D eigenvalue weighted by Crippen LogP contribution is 2.18. The lowest BCUT2D eigenvalue weighted by atomic mass is 10.1. The standard InChI is InChI=1S/C14H18N4O2/c1-8(2)14-17-12(20-18-14)7-16-11-6-10(13(15)19)5-4-9(11)3/h4-6,8,16H,7H2,1-3H3,(H2,15,19). The summed E-state index contributed by atoms with van der Waals surface area (Å²) in [5.74, 6) is 0.974. The summed E-state index contributed by atoms with van der Waals surface area (Å²) in [6, 6.07) is 5.26. The molecular formula is C14H18N4O2. The van der Waals surface area contributed by atoms with Gasteiger partial charge < -0.3 is 15.6 Å². The summed E-state index contributed by atoms with van der Waals surface area (Å²) < 4.78 is 5.15. The van der Waals surface area contributed by atoms with E-state index in [0.29, 0.717) is 23.8 Å². The molecule has 1 aromatic heterocycles. The number of carbonyl (C=O) groups excluding carboxylic acids is 1. The van der Waals surface area contributed by atoms with Crippen LogP contribution in [0.5, 0.6) is 0 Å². The molecule has 2 rings (SSSR count). The minimum atomic E-state index is -0.451. The van der Waals surface area contributed by atoms with Gasteiger partial charge in [0.1, 0.15) is 0 Å². The number of nitrogens with two attached hydrogens (primary N) is 1. The molecule has 0 aliphatic carbocycles. The van der Waals surface area contributed by atoms with Crippen LogP contribution in [0.3, 0.4) is 0 Å². The largest absolute Gasteiger partial charge is 0.376 e. The van der Waals surface area contributed by atoms with Crippen LogP contribution in [0.1, 0.15) is 47.4 Å². The molecule has 0 bridgehead atoms. The Kier molecular flexibility index (Phi) is 4.02. The van der Waals surface area contributed by atoms with E-state index in [1.54, 1.807) is 12.1 Å². The van der Waals surface area contributed by atoms with Crippen molar-refractivity contribution in [2.45, 2.75) is 33.2 Å². The van der Waals surface area contributed by atoms with E-state index in [1.807, 2.05) is 26.8 Å². The molecule has 1 aromatic carbocycles. The minimum absolute atomic E-state index is 0.229. The van der Waals surface area contributed by atoms with Gasteiger partial charge in [0.05, 0.1) is 6.54 Å². The SMILES string of the molecule is Cc1ccc(C(N)=O)cc1NCc1nc(C(C)C)no1. The van der Waals surface area contributed by atoms with Gasteiger partial charge in [0.15, 0.2) is 5.82 Å². The van der Waals surface area contributed by atoms with Crippen molar-refractivity contribution in [3.8, 4) is 0 Å². The third-order valence-corrected chi connectivity index (χ3v) is 2.95. The molecule has 1 heterocycles. The molecule has 0 aliphatic heterocycles. The number of aryl methyl sites for hydroxylation is 1. The molecule has 6 heteroatoms. The third kappa shape index (κ3) is 3.14. The Hall–Kier alpha value is -2.37. The lowest BCUT2D eigenvalue weighted by Crippen LogP contribution is -2.12. The van der Waals surface area contributed by atoms with E-state index in [1.165, 1.54) is 0 Å². The fraction of sp³-hybridized carbons (Fsp3) is 0.357. The predicted molar refractivity (Wildman–Crippen MR) is 75.4 cm³/mol. The number of aromatic nitrogens is 2. The van der Waals surface area contributed by atoms with Gasteiger partial charge in [-0.05, 0) is 24.6 Å². The van der Waals surface area contributed by atoms with Crippen molar-refractivity contribution in [2.24, 2.45) is 5.73 Å². The highest BCUT2D eigenvalue weighted by atomic mass is 16.5. The van der Waals surface area contributed by atoms with Gasteiger partial charge in [-0.3, -0.25) is 4.79 Å². The Morgan fingerprint density at radius 3 is 2.80 bits per heavy atom. The summed E-state index contributed by atoms with van der Waals surface area (Å²) in [5, 5.41) is 7.07. The Morgan fingerprint density at radius 2 is 2.20 bits per heavy atom. The highest BCUT2D eigenvalue weighted by Gasteiger charge is 2.10. The third-order valence-electron chi connectivity index (χ3n) is 2.95. The zero-order chi connectivity index (χ0) is 14.7. The van der Waals surface area contributed by atoms with Gasteiger partial charge >= 0.3 is 0 Å². The molecule has 0 fully saturated rings. The van der Waals surface area contributed by atoms with E-state index in [-0.39, 0.29) is 5.92 Å². The molecular weight excluding hydrogens is 256 g/mol. The quantitative estimate of drug-likeness (QED) is 0.871. The molecule has 2 aromatic rings. The van der Waals surface area contributed by atoms with E-state index in [9.17, 15) is 4.79 Å². The van der Waals surface area contributed by atoms with Crippen LogP contribution in [0.25, 0.3) is 0 Å². The first-order valence-corrected chi connectivity index (χ1v) is 6.44. The van der Waals surface area contributed by atoms with E-state index < -0.39 is 5.91 Å². The number of hydrogen-bond donors (Lipinski definition) is 2. The molecule has 0 radical (unpaired) electrons. The molecule has 1 amide bonds. The Labute approximate surface area is 117 Å². The van der Waals surface area contributed by atoms with Crippen LogP contribution in [-0.2, 0) is 6.54 Å². The number of hydrogen-bond acceptors (Lipinski definition) is 5. The van der Waals surface area contributed by atoms with E-state index in [2.05, 4.69) is 15.5 Å². The van der Waals surface area contributed by atoms with Gasteiger partial charge in [-0.15, -0.1) is 0 Å². The number of nitrogens with one attached hydrogen (secondary N) is 1. The molecule has 0 atom stereocenters. The van der Waals surface area contributed by atoms with E-state index >= 15 is 0 Å². The first-order valence-electron chi connectivity index (χ1n) is 6.44. The molecule has 0 saturated heterocycles. The van der Waals surface area contributed by atoms with Crippen molar-refractivity contribution in [3.05, 3.63) is 41.0 Å². The number of primary amides is 1. The maximum atomic E-state index is 11.2. The topological polar surface area (TPSA) is 94.0 Å². The summed E-state index contributed by atoms with van der Waals surface area (Å²) in [5.41, 5.74) is 7.57. The summed E-state index contributed by atoms with van der Waals surface area (Å²) in [4.78, 5) is 15.5. The second-order valence-corrected chi connectivity index (χ2v) is 4.95. The highest BCUT2D eigenvalue weighted by molar-refractivity contribution is 5.93. The minimum Gasteiger partial charge on any atom is -0.376 e. The summed E-state index contributed by atoms with van der Waals surface area (Å²) in [6.07, 6.45) is 0. The normalized spacial score (nSPS) is 10.8. The van der Waals surface area contributed by atoms with Crippen LogP contribution >= 0.6 is 0 Å². The Morgan fingerprint density at radius 1 is 1.45 bits per heavy atom. The van der Waals surface area contributed by atoms with Crippen LogP contribution in [0.4, 0.5) is 5.69 Å². The molecule has 0 saturated carbocycles. The van der Waals surface area contributed by atoms with Crippen LogP contribution in [0.15, 0.2) is 22.7 Å². The van der Waals surface area contributed by atoms with E-state index in [4.69, 9.17) is 10.3 Å². The Balaban J connectivity index is 2.09. The second kappa shape index (κ2) is 5.73. The number of anilines is 1. The average Bonchev–Trinajstić information content (AvgIpc) is 2.86. The van der Waals surface area contributed by atoms with Crippen molar-refractivity contribution < 1.29 is 9.32 Å². The monoisotopic (exact) mass is 274 g/mol. The summed E-state index contributed by atoms with van der Waals surface area (Å²) >= 11 is 0.